The first-order valence-electron chi connectivity index (χ1n) is 10.8. The van der Waals surface area contributed by atoms with Crippen molar-refractivity contribution in [3.05, 3.63) is 64.7 Å². The molecule has 2 aromatic rings. The second-order valence-corrected chi connectivity index (χ2v) is 10.6. The van der Waals surface area contributed by atoms with Gasteiger partial charge in [0.05, 0.1) is 11.9 Å². The van der Waals surface area contributed by atoms with Crippen molar-refractivity contribution in [2.24, 2.45) is 0 Å². The van der Waals surface area contributed by atoms with Crippen LogP contribution in [-0.2, 0) is 32.6 Å². The summed E-state index contributed by atoms with van der Waals surface area (Å²) in [5, 5.41) is 3.27. The van der Waals surface area contributed by atoms with Gasteiger partial charge in [0.15, 0.2) is 0 Å². The minimum atomic E-state index is -3.75. The Bertz CT molecular complexity index is 1070. The summed E-state index contributed by atoms with van der Waals surface area (Å²) >= 11 is 6.30. The molecule has 2 rings (SSSR count). The third-order valence-corrected chi connectivity index (χ3v) is 6.72. The second kappa shape index (κ2) is 11.5. The van der Waals surface area contributed by atoms with Crippen molar-refractivity contribution in [3.8, 4) is 0 Å². The molecule has 1 atom stereocenters. The fourth-order valence-electron chi connectivity index (χ4n) is 3.31. The summed E-state index contributed by atoms with van der Waals surface area (Å²) < 4.78 is 26.2. The van der Waals surface area contributed by atoms with Crippen LogP contribution in [0.15, 0.2) is 48.5 Å². The fraction of sp³-hybridized carbons (Fsp3) is 0.417. The topological polar surface area (TPSA) is 86.8 Å². The molecule has 0 unspecified atom stereocenters. The highest BCUT2D eigenvalue weighted by molar-refractivity contribution is 7.92. The van der Waals surface area contributed by atoms with E-state index in [1.54, 1.807) is 43.3 Å². The van der Waals surface area contributed by atoms with Crippen LogP contribution in [-0.4, -0.2) is 50.0 Å². The average molecular weight is 494 g/mol. The van der Waals surface area contributed by atoms with Crippen LogP contribution in [0.4, 0.5) is 5.69 Å². The molecule has 180 valence electrons. The summed E-state index contributed by atoms with van der Waals surface area (Å²) in [5.74, 6) is -0.838. The Labute approximate surface area is 201 Å². The minimum absolute atomic E-state index is 0.0670. The molecule has 0 bridgehead atoms. The molecule has 0 fully saturated rings. The highest BCUT2D eigenvalue weighted by Gasteiger charge is 2.30. The van der Waals surface area contributed by atoms with Crippen LogP contribution >= 0.6 is 11.6 Å². The molecule has 2 aromatic carbocycles. The van der Waals surface area contributed by atoms with E-state index in [2.05, 4.69) is 5.32 Å². The quantitative estimate of drug-likeness (QED) is 0.547. The highest BCUT2D eigenvalue weighted by Crippen LogP contribution is 2.22. The van der Waals surface area contributed by atoms with E-state index >= 15 is 0 Å². The maximum atomic E-state index is 13.4. The Balaban J connectivity index is 2.39. The van der Waals surface area contributed by atoms with E-state index in [-0.39, 0.29) is 18.5 Å². The molecule has 9 heteroatoms. The number of benzene rings is 2. The number of anilines is 1. The molecule has 0 saturated heterocycles. The van der Waals surface area contributed by atoms with Crippen molar-refractivity contribution in [1.82, 2.24) is 10.2 Å². The van der Waals surface area contributed by atoms with Crippen LogP contribution in [0, 0.1) is 0 Å². The molecule has 33 heavy (non-hydrogen) atoms. The number of nitrogens with zero attached hydrogens (tertiary/aromatic N) is 2. The summed E-state index contributed by atoms with van der Waals surface area (Å²) in [7, 11) is -3.75. The van der Waals surface area contributed by atoms with Gasteiger partial charge in [-0.25, -0.2) is 8.42 Å². The van der Waals surface area contributed by atoms with Gasteiger partial charge < -0.3 is 10.2 Å². The fourth-order valence-corrected chi connectivity index (χ4v) is 4.35. The number of hydrogen-bond donors (Lipinski definition) is 1. The molecule has 0 aliphatic heterocycles. The Morgan fingerprint density at radius 2 is 1.64 bits per heavy atom. The van der Waals surface area contributed by atoms with E-state index in [1.807, 2.05) is 32.9 Å². The van der Waals surface area contributed by atoms with Gasteiger partial charge in [-0.2, -0.15) is 0 Å². The number of carbonyl (C=O) groups excluding carboxylic acids is 2. The Kier molecular flexibility index (Phi) is 9.31. The molecule has 0 heterocycles. The van der Waals surface area contributed by atoms with E-state index < -0.39 is 28.5 Å². The van der Waals surface area contributed by atoms with Gasteiger partial charge in [-0.15, -0.1) is 0 Å². The Hall–Kier alpha value is -2.58. The van der Waals surface area contributed by atoms with Gasteiger partial charge in [-0.1, -0.05) is 48.9 Å². The summed E-state index contributed by atoms with van der Waals surface area (Å²) in [6, 6.07) is 13.1. The minimum Gasteiger partial charge on any atom is -0.352 e. The predicted molar refractivity (Wildman–Crippen MR) is 133 cm³/mol. The number of aryl methyl sites for hydroxylation is 1. The zero-order valence-corrected chi connectivity index (χ0v) is 21.3. The van der Waals surface area contributed by atoms with Gasteiger partial charge in [0, 0.05) is 17.6 Å². The Morgan fingerprint density at radius 1 is 1.03 bits per heavy atom. The zero-order valence-electron chi connectivity index (χ0n) is 19.7. The smallest absolute Gasteiger partial charge is 0.244 e. The van der Waals surface area contributed by atoms with Crippen LogP contribution in [0.1, 0.15) is 38.8 Å². The lowest BCUT2D eigenvalue weighted by molar-refractivity contribution is -0.139. The number of hydrogen-bond acceptors (Lipinski definition) is 4. The van der Waals surface area contributed by atoms with Crippen LogP contribution in [0.25, 0.3) is 0 Å². The monoisotopic (exact) mass is 493 g/mol. The van der Waals surface area contributed by atoms with E-state index in [1.165, 1.54) is 4.90 Å². The molecule has 0 radical (unpaired) electrons. The molecule has 0 saturated carbocycles. The predicted octanol–water partition coefficient (Wildman–Crippen LogP) is 3.61. The molecular weight excluding hydrogens is 462 g/mol. The first-order chi connectivity index (χ1) is 15.4. The maximum absolute atomic E-state index is 13.4. The number of sulfonamides is 1. The largest absolute Gasteiger partial charge is 0.352 e. The number of amides is 2. The number of carbonyl (C=O) groups is 2. The Morgan fingerprint density at radius 3 is 2.15 bits per heavy atom. The van der Waals surface area contributed by atoms with Crippen molar-refractivity contribution in [3.63, 3.8) is 0 Å². The van der Waals surface area contributed by atoms with E-state index in [9.17, 15) is 18.0 Å². The van der Waals surface area contributed by atoms with Gasteiger partial charge in [0.25, 0.3) is 0 Å². The second-order valence-electron chi connectivity index (χ2n) is 8.24. The first-order valence-corrected chi connectivity index (χ1v) is 13.1. The van der Waals surface area contributed by atoms with Crippen molar-refractivity contribution < 1.29 is 18.0 Å². The summed E-state index contributed by atoms with van der Waals surface area (Å²) in [6.45, 7) is 6.91. The lowest BCUT2D eigenvalue weighted by Gasteiger charge is -2.32. The SMILES string of the molecule is CCc1ccc(N(CC(=O)N(Cc2ccccc2Cl)[C@H](C)C(=O)NC(C)C)S(C)(=O)=O)cc1. The van der Waals surface area contributed by atoms with E-state index in [4.69, 9.17) is 11.6 Å². The third-order valence-electron chi connectivity index (χ3n) is 5.21. The van der Waals surface area contributed by atoms with Crippen LogP contribution in [0.2, 0.25) is 5.02 Å². The van der Waals surface area contributed by atoms with E-state index in [0.717, 1.165) is 22.5 Å². The van der Waals surface area contributed by atoms with Gasteiger partial charge >= 0.3 is 0 Å². The normalized spacial score (nSPS) is 12.3. The lowest BCUT2D eigenvalue weighted by atomic mass is 10.1. The van der Waals surface area contributed by atoms with Gasteiger partial charge in [0.1, 0.15) is 12.6 Å². The standard InChI is InChI=1S/C24H32ClN3O4S/c1-6-19-11-13-21(14-12-19)28(33(5,31)32)16-23(29)27(18(4)24(30)26-17(2)3)15-20-9-7-8-10-22(20)25/h7-14,17-18H,6,15-16H2,1-5H3,(H,26,30)/t18-/m1/s1. The summed E-state index contributed by atoms with van der Waals surface area (Å²) in [4.78, 5) is 27.5. The zero-order chi connectivity index (χ0) is 24.8. The lowest BCUT2D eigenvalue weighted by Crippen LogP contribution is -2.52. The summed E-state index contributed by atoms with van der Waals surface area (Å²) in [6.07, 6.45) is 1.87. The molecule has 0 spiro atoms. The van der Waals surface area contributed by atoms with Gasteiger partial charge in [-0.05, 0) is 56.5 Å². The number of rotatable bonds is 10. The van der Waals surface area contributed by atoms with Gasteiger partial charge in [-0.3, -0.25) is 13.9 Å². The van der Waals surface area contributed by atoms with Crippen LogP contribution in [0.5, 0.6) is 0 Å². The van der Waals surface area contributed by atoms with Crippen LogP contribution in [0.3, 0.4) is 0 Å². The van der Waals surface area contributed by atoms with Crippen LogP contribution < -0.4 is 9.62 Å². The van der Waals surface area contributed by atoms with E-state index in [0.29, 0.717) is 16.3 Å². The number of nitrogens with one attached hydrogen (secondary N) is 1. The highest BCUT2D eigenvalue weighted by atomic mass is 35.5. The van der Waals surface area contributed by atoms with Crippen molar-refractivity contribution in [2.45, 2.75) is 52.7 Å². The molecule has 1 N–H and O–H groups in total. The number of halogens is 1. The van der Waals surface area contributed by atoms with Crippen molar-refractivity contribution in [2.75, 3.05) is 17.1 Å². The molecular formula is C24H32ClN3O4S. The average Bonchev–Trinajstić information content (AvgIpc) is 2.75. The molecule has 0 aliphatic rings. The molecule has 7 nitrogen and oxygen atoms in total. The van der Waals surface area contributed by atoms with Crippen molar-refractivity contribution in [1.29, 1.82) is 0 Å². The molecule has 0 aliphatic carbocycles. The molecule has 2 amide bonds. The van der Waals surface area contributed by atoms with Gasteiger partial charge in [0.2, 0.25) is 21.8 Å². The summed E-state index contributed by atoms with van der Waals surface area (Å²) in [5.41, 5.74) is 2.10. The first kappa shape index (κ1) is 26.7. The maximum Gasteiger partial charge on any atom is 0.244 e. The molecule has 0 aromatic heterocycles. The third kappa shape index (κ3) is 7.47. The van der Waals surface area contributed by atoms with Crippen molar-refractivity contribution >= 4 is 39.1 Å².